The second kappa shape index (κ2) is 16.0. The van der Waals surface area contributed by atoms with Crippen LogP contribution in [0.3, 0.4) is 0 Å². The Bertz CT molecular complexity index is 14.9. The third-order valence-corrected chi connectivity index (χ3v) is 0. The fraction of sp³-hybridized carbons (Fsp3) is 1.00. The fourth-order valence-corrected chi connectivity index (χ4v) is 0. The average molecular weight is 503 g/mol. The van der Waals surface area contributed by atoms with Crippen LogP contribution in [0.25, 0.3) is 0 Å². The smallest absolute Gasteiger partial charge is 0 e. The molecular weight excluding hydrogens is 499 g/mol. The van der Waals surface area contributed by atoms with Crippen LogP contribution in [0.1, 0.15) is 7.43 Å². The van der Waals surface area contributed by atoms with Crippen molar-refractivity contribution in [1.82, 2.24) is 0 Å². The van der Waals surface area contributed by atoms with Crippen molar-refractivity contribution in [3.05, 3.63) is 0 Å². The van der Waals surface area contributed by atoms with E-state index in [0.717, 1.165) is 0 Å². The van der Waals surface area contributed by atoms with E-state index in [1.807, 2.05) is 0 Å². The summed E-state index contributed by atoms with van der Waals surface area (Å²) in [6, 6.07) is 0. The Morgan fingerprint density at radius 2 is 1.00 bits per heavy atom. The maximum atomic E-state index is 4.96. The molecule has 0 aliphatic carbocycles. The summed E-state index contributed by atoms with van der Waals surface area (Å²) in [4.78, 5) is 0. The zero-order valence-corrected chi connectivity index (χ0v) is 11.0. The van der Waals surface area contributed by atoms with Gasteiger partial charge in [-0.1, -0.05) is 7.43 Å². The molecule has 0 amide bonds. The van der Waals surface area contributed by atoms with Crippen LogP contribution in [0.2, 0.25) is 0 Å². The van der Waals surface area contributed by atoms with Crippen molar-refractivity contribution in [2.24, 2.45) is 0 Å². The van der Waals surface area contributed by atoms with Gasteiger partial charge in [0.2, 0.25) is 0 Å². The Balaban J connectivity index is -0.0000000480. The van der Waals surface area contributed by atoms with Gasteiger partial charge in [-0.25, -0.2) is 0 Å². The minimum atomic E-state index is -1.85. The zero-order valence-electron chi connectivity index (χ0n) is 2.27. The first-order chi connectivity index (χ1) is 2.73. The van der Waals surface area contributed by atoms with Crippen LogP contribution in [-0.2, 0) is 0 Å². The quantitative estimate of drug-likeness (QED) is 0.391. The molecule has 0 heterocycles. The first-order valence-corrected chi connectivity index (χ1v) is 15.1. The van der Waals surface area contributed by atoms with E-state index in [4.69, 9.17) is 26.7 Å². The zero-order chi connectivity index (χ0) is 5.58. The first kappa shape index (κ1) is 16.6. The molecule has 0 radical (unpaired) electrons. The van der Waals surface area contributed by atoms with Crippen molar-refractivity contribution in [2.75, 3.05) is 0 Å². The molecule has 0 aliphatic rings. The average Bonchev–Trinajstić information content (AvgIpc) is 1.41. The summed E-state index contributed by atoms with van der Waals surface area (Å²) in [5.41, 5.74) is 0. The van der Waals surface area contributed by atoms with Crippen LogP contribution in [0.5, 0.6) is 0 Å². The summed E-state index contributed by atoms with van der Waals surface area (Å²) >= 11 is 2.39. The van der Waals surface area contributed by atoms with Gasteiger partial charge in [-0.2, -0.15) is 0 Å². The number of hydrogen-bond donors (Lipinski definition) is 0. The Morgan fingerprint density at radius 3 is 1.00 bits per heavy atom. The van der Waals surface area contributed by atoms with Gasteiger partial charge >= 0.3 is 43.2 Å². The van der Waals surface area contributed by atoms with Crippen molar-refractivity contribution >= 4 is 80.4 Å². The second-order valence-electron chi connectivity index (χ2n) is 0.162. The topological polar surface area (TPSA) is 0 Å². The maximum Gasteiger partial charge on any atom is 0 e. The molecule has 7 heavy (non-hydrogen) atoms. The molecule has 0 aromatic heterocycles. The predicted molar refractivity (Wildman–Crippen MR) is 66.4 cm³/mol. The van der Waals surface area contributed by atoms with E-state index in [1.165, 1.54) is 0 Å². The Kier molecular flexibility index (Phi) is 37.9. The molecule has 0 rings (SSSR count). The van der Waals surface area contributed by atoms with Gasteiger partial charge in [-0.05, 0) is 0 Å². The van der Waals surface area contributed by atoms with Gasteiger partial charge in [-0.15, -0.1) is 0 Å². The van der Waals surface area contributed by atoms with E-state index < -0.39 is 16.4 Å². The number of halogens is 6. The normalized spacial score (nSPS) is 7.29. The predicted octanol–water partition coefficient (Wildman–Crippen LogP) is 5.36. The largest absolute Gasteiger partial charge is 0 e. The van der Waals surface area contributed by atoms with Gasteiger partial charge in [-0.3, -0.25) is 0 Å². The van der Waals surface area contributed by atoms with Crippen LogP contribution < -0.4 is 0 Å². The third-order valence-electron chi connectivity index (χ3n) is 0. The molecule has 0 saturated heterocycles. The van der Waals surface area contributed by atoms with E-state index in [0.29, 0.717) is 0 Å². The van der Waals surface area contributed by atoms with E-state index >= 15 is 0 Å². The monoisotopic (exact) mass is 502 g/mol. The summed E-state index contributed by atoms with van der Waals surface area (Å²) in [6.45, 7) is 0. The van der Waals surface area contributed by atoms with Crippen LogP contribution in [0.4, 0.5) is 0 Å². The van der Waals surface area contributed by atoms with Crippen molar-refractivity contribution in [1.29, 1.82) is 0 Å². The molecule has 0 spiro atoms. The molecule has 6 heteroatoms. The van der Waals surface area contributed by atoms with Gasteiger partial charge in [0, 0.05) is 37.2 Å². The van der Waals surface area contributed by atoms with E-state index in [1.54, 1.807) is 0 Å². The van der Waals surface area contributed by atoms with E-state index in [9.17, 15) is 0 Å². The molecule has 0 atom stereocenters. The van der Waals surface area contributed by atoms with Crippen LogP contribution >= 0.6 is 80.4 Å². The summed E-state index contributed by atoms with van der Waals surface area (Å²) in [5.74, 6) is 0. The first-order valence-electron chi connectivity index (χ1n) is 0.571. The summed E-state index contributed by atoms with van der Waals surface area (Å²) in [6.07, 6.45) is 0. The van der Waals surface area contributed by atoms with Crippen molar-refractivity contribution in [3.8, 4) is 0 Å². The van der Waals surface area contributed by atoms with Crippen molar-refractivity contribution < 1.29 is 0 Å². The van der Waals surface area contributed by atoms with Gasteiger partial charge in [0.15, 0.2) is 0 Å². The van der Waals surface area contributed by atoms with Crippen molar-refractivity contribution in [3.63, 3.8) is 0 Å². The maximum absolute atomic E-state index is 4.96. The van der Waals surface area contributed by atoms with Crippen LogP contribution in [-0.4, -0.2) is 0 Å². The third kappa shape index (κ3) is 48.2. The van der Waals surface area contributed by atoms with E-state index in [2.05, 4.69) is 37.2 Å². The Labute approximate surface area is 85.9 Å². The standard InChI is InChI=1S/CH4.Cl3I.I2/c;1-4(2)3;1-2/h1H4;;. The fourth-order valence-electron chi connectivity index (χ4n) is 0. The van der Waals surface area contributed by atoms with Crippen molar-refractivity contribution in [2.45, 2.75) is 7.43 Å². The Hall–Kier alpha value is 3.06. The second-order valence-corrected chi connectivity index (χ2v) is 9.78. The molecular formula is CH4Cl3I3. The van der Waals surface area contributed by atoms with E-state index in [-0.39, 0.29) is 7.43 Å². The summed E-state index contributed by atoms with van der Waals surface area (Å²) in [7, 11) is 14.9. The summed E-state index contributed by atoms with van der Waals surface area (Å²) in [5, 5.41) is 0. The number of hydrogen-bond acceptors (Lipinski definition) is 0. The molecule has 0 aromatic rings. The molecule has 0 unspecified atom stereocenters. The SMILES string of the molecule is C.ClI(Cl)Cl.II. The van der Waals surface area contributed by atoms with Crippen LogP contribution in [0.15, 0.2) is 0 Å². The minimum Gasteiger partial charge on any atom is 0 e. The van der Waals surface area contributed by atoms with Gasteiger partial charge in [0.05, 0.1) is 0 Å². The van der Waals surface area contributed by atoms with Crippen LogP contribution in [0, 0.1) is 0 Å². The van der Waals surface area contributed by atoms with Gasteiger partial charge in [0.25, 0.3) is 0 Å². The minimum absolute atomic E-state index is 0. The number of rotatable bonds is 0. The molecule has 0 aliphatic heterocycles. The Morgan fingerprint density at radius 1 is 1.00 bits per heavy atom. The molecule has 0 N–H and O–H groups in total. The van der Waals surface area contributed by atoms with Gasteiger partial charge < -0.3 is 0 Å². The molecule has 0 saturated carbocycles. The molecule has 50 valence electrons. The summed E-state index contributed by atoms with van der Waals surface area (Å²) < 4.78 is 0. The van der Waals surface area contributed by atoms with Gasteiger partial charge in [0.1, 0.15) is 0 Å². The molecule has 0 aromatic carbocycles. The molecule has 0 bridgehead atoms. The molecule has 0 fully saturated rings. The molecule has 0 nitrogen and oxygen atoms in total.